The molecule has 0 aliphatic carbocycles. The van der Waals surface area contributed by atoms with Crippen LogP contribution >= 0.6 is 0 Å². The topological polar surface area (TPSA) is 43.8 Å². The molecule has 0 bridgehead atoms. The van der Waals surface area contributed by atoms with E-state index in [1.54, 1.807) is 12.1 Å². The number of hydrogen-bond donors (Lipinski definition) is 1. The molecule has 132 valence electrons. The van der Waals surface area contributed by atoms with Gasteiger partial charge in [0.05, 0.1) is 5.56 Å². The Hall–Kier alpha value is -3.01. The largest absolute Gasteiger partial charge is 0.507 e. The summed E-state index contributed by atoms with van der Waals surface area (Å²) in [4.78, 5) is 17.0. The SMILES string of the molecule is Cc1cccc(N2CCN(C(=O)c3cc4ccccc4cc3O)CC2)c1. The molecule has 0 atom stereocenters. The van der Waals surface area contributed by atoms with E-state index in [1.165, 1.54) is 11.3 Å². The Morgan fingerprint density at radius 3 is 2.27 bits per heavy atom. The minimum atomic E-state index is -0.0999. The minimum Gasteiger partial charge on any atom is -0.507 e. The molecule has 3 aromatic carbocycles. The van der Waals surface area contributed by atoms with Crippen LogP contribution in [-0.4, -0.2) is 42.1 Å². The van der Waals surface area contributed by atoms with Gasteiger partial charge >= 0.3 is 0 Å². The van der Waals surface area contributed by atoms with Crippen molar-refractivity contribution in [1.29, 1.82) is 0 Å². The highest BCUT2D eigenvalue weighted by Gasteiger charge is 2.24. The standard InChI is InChI=1S/C22H22N2O2/c1-16-5-4-8-19(13-16)23-9-11-24(12-10-23)22(26)20-14-17-6-2-3-7-18(17)15-21(20)25/h2-8,13-15,25H,9-12H2,1H3. The van der Waals surface area contributed by atoms with Gasteiger partial charge in [-0.25, -0.2) is 0 Å². The smallest absolute Gasteiger partial charge is 0.257 e. The summed E-state index contributed by atoms with van der Waals surface area (Å²) in [5.41, 5.74) is 2.82. The number of nitrogens with zero attached hydrogens (tertiary/aromatic N) is 2. The number of fused-ring (bicyclic) bond motifs is 1. The van der Waals surface area contributed by atoms with E-state index in [-0.39, 0.29) is 11.7 Å². The predicted octanol–water partition coefficient (Wildman–Crippen LogP) is 3.82. The summed E-state index contributed by atoms with van der Waals surface area (Å²) >= 11 is 0. The van der Waals surface area contributed by atoms with Gasteiger partial charge in [-0.1, -0.05) is 36.4 Å². The van der Waals surface area contributed by atoms with Crippen molar-refractivity contribution in [3.05, 3.63) is 71.8 Å². The Labute approximate surface area is 153 Å². The van der Waals surface area contributed by atoms with Crippen LogP contribution in [0.5, 0.6) is 5.75 Å². The monoisotopic (exact) mass is 346 g/mol. The fourth-order valence-electron chi connectivity index (χ4n) is 3.56. The number of carbonyl (C=O) groups excluding carboxylic acids is 1. The van der Waals surface area contributed by atoms with E-state index in [1.807, 2.05) is 29.2 Å². The molecular formula is C22H22N2O2. The quantitative estimate of drug-likeness (QED) is 0.767. The summed E-state index contributed by atoms with van der Waals surface area (Å²) < 4.78 is 0. The van der Waals surface area contributed by atoms with Crippen LogP contribution in [0.3, 0.4) is 0 Å². The van der Waals surface area contributed by atoms with Gasteiger partial charge in [0.25, 0.3) is 5.91 Å². The van der Waals surface area contributed by atoms with Crippen molar-refractivity contribution in [2.24, 2.45) is 0 Å². The third-order valence-electron chi connectivity index (χ3n) is 5.03. The molecule has 4 nitrogen and oxygen atoms in total. The highest BCUT2D eigenvalue weighted by Crippen LogP contribution is 2.27. The van der Waals surface area contributed by atoms with Gasteiger partial charge in [-0.05, 0) is 47.5 Å². The first-order valence-electron chi connectivity index (χ1n) is 8.94. The number of aryl methyl sites for hydroxylation is 1. The van der Waals surface area contributed by atoms with Crippen molar-refractivity contribution in [3.8, 4) is 5.75 Å². The summed E-state index contributed by atoms with van der Waals surface area (Å²) in [6.07, 6.45) is 0. The van der Waals surface area contributed by atoms with Crippen molar-refractivity contribution in [1.82, 2.24) is 4.90 Å². The maximum absolute atomic E-state index is 12.9. The van der Waals surface area contributed by atoms with E-state index in [2.05, 4.69) is 36.1 Å². The summed E-state index contributed by atoms with van der Waals surface area (Å²) in [6.45, 7) is 4.98. The molecule has 4 rings (SSSR count). The van der Waals surface area contributed by atoms with Crippen LogP contribution in [0.15, 0.2) is 60.7 Å². The first-order valence-corrected chi connectivity index (χ1v) is 8.94. The molecule has 0 aromatic heterocycles. The van der Waals surface area contributed by atoms with E-state index in [9.17, 15) is 9.90 Å². The third-order valence-corrected chi connectivity index (χ3v) is 5.03. The van der Waals surface area contributed by atoms with Gasteiger partial charge in [-0.3, -0.25) is 4.79 Å². The summed E-state index contributed by atoms with van der Waals surface area (Å²) in [7, 11) is 0. The lowest BCUT2D eigenvalue weighted by Gasteiger charge is -2.36. The molecule has 1 aliphatic rings. The molecular weight excluding hydrogens is 324 g/mol. The van der Waals surface area contributed by atoms with Gasteiger partial charge < -0.3 is 14.9 Å². The third kappa shape index (κ3) is 3.10. The average Bonchev–Trinajstić information content (AvgIpc) is 2.67. The van der Waals surface area contributed by atoms with Crippen LogP contribution in [0.2, 0.25) is 0 Å². The summed E-state index contributed by atoms with van der Waals surface area (Å²) in [6, 6.07) is 19.7. The van der Waals surface area contributed by atoms with E-state index < -0.39 is 0 Å². The predicted molar refractivity (Wildman–Crippen MR) is 105 cm³/mol. The van der Waals surface area contributed by atoms with E-state index in [4.69, 9.17) is 0 Å². The fraction of sp³-hybridized carbons (Fsp3) is 0.227. The number of anilines is 1. The van der Waals surface area contributed by atoms with Gasteiger partial charge in [-0.2, -0.15) is 0 Å². The Morgan fingerprint density at radius 2 is 1.58 bits per heavy atom. The number of carbonyl (C=O) groups is 1. The average molecular weight is 346 g/mol. The molecule has 1 fully saturated rings. The molecule has 1 saturated heterocycles. The highest BCUT2D eigenvalue weighted by molar-refractivity contribution is 6.01. The zero-order chi connectivity index (χ0) is 18.1. The fourth-order valence-corrected chi connectivity index (χ4v) is 3.56. The van der Waals surface area contributed by atoms with E-state index >= 15 is 0 Å². The Bertz CT molecular complexity index is 959. The van der Waals surface area contributed by atoms with Crippen molar-refractivity contribution in [3.63, 3.8) is 0 Å². The zero-order valence-corrected chi connectivity index (χ0v) is 14.9. The molecule has 1 amide bonds. The Balaban J connectivity index is 1.51. The van der Waals surface area contributed by atoms with E-state index in [0.29, 0.717) is 18.7 Å². The maximum Gasteiger partial charge on any atom is 0.257 e. The number of aromatic hydroxyl groups is 1. The van der Waals surface area contributed by atoms with Gasteiger partial charge in [-0.15, -0.1) is 0 Å². The number of phenolic OH excluding ortho intramolecular Hbond substituents is 1. The molecule has 1 heterocycles. The van der Waals surface area contributed by atoms with Gasteiger partial charge in [0, 0.05) is 31.9 Å². The number of phenols is 1. The normalized spacial score (nSPS) is 14.7. The van der Waals surface area contributed by atoms with Gasteiger partial charge in [0.1, 0.15) is 5.75 Å². The lowest BCUT2D eigenvalue weighted by Crippen LogP contribution is -2.48. The molecule has 4 heteroatoms. The molecule has 0 saturated carbocycles. The van der Waals surface area contributed by atoms with Crippen LogP contribution in [-0.2, 0) is 0 Å². The molecule has 0 radical (unpaired) electrons. The second-order valence-electron chi connectivity index (χ2n) is 6.83. The molecule has 1 N–H and O–H groups in total. The number of benzene rings is 3. The van der Waals surface area contributed by atoms with Gasteiger partial charge in [0.15, 0.2) is 0 Å². The Morgan fingerprint density at radius 1 is 0.885 bits per heavy atom. The first kappa shape index (κ1) is 16.5. The lowest BCUT2D eigenvalue weighted by molar-refractivity contribution is 0.0744. The van der Waals surface area contributed by atoms with Crippen molar-refractivity contribution < 1.29 is 9.90 Å². The van der Waals surface area contributed by atoms with Crippen LogP contribution < -0.4 is 4.90 Å². The summed E-state index contributed by atoms with van der Waals surface area (Å²) in [5, 5.41) is 12.2. The number of rotatable bonds is 2. The molecule has 0 unspecified atom stereocenters. The number of amides is 1. The van der Waals surface area contributed by atoms with Crippen LogP contribution in [0.4, 0.5) is 5.69 Å². The number of piperazine rings is 1. The zero-order valence-electron chi connectivity index (χ0n) is 14.9. The van der Waals surface area contributed by atoms with Gasteiger partial charge in [0.2, 0.25) is 0 Å². The van der Waals surface area contributed by atoms with Crippen LogP contribution in [0, 0.1) is 6.92 Å². The molecule has 0 spiro atoms. The van der Waals surface area contributed by atoms with Crippen molar-refractivity contribution >= 4 is 22.4 Å². The second-order valence-corrected chi connectivity index (χ2v) is 6.83. The Kier molecular flexibility index (Phi) is 4.25. The molecule has 3 aromatic rings. The highest BCUT2D eigenvalue weighted by atomic mass is 16.3. The molecule has 26 heavy (non-hydrogen) atoms. The second kappa shape index (κ2) is 6.71. The number of hydrogen-bond acceptors (Lipinski definition) is 3. The van der Waals surface area contributed by atoms with Crippen molar-refractivity contribution in [2.75, 3.05) is 31.1 Å². The van der Waals surface area contributed by atoms with E-state index in [0.717, 1.165) is 23.9 Å². The van der Waals surface area contributed by atoms with Crippen LogP contribution in [0.25, 0.3) is 10.8 Å². The van der Waals surface area contributed by atoms with Crippen molar-refractivity contribution in [2.45, 2.75) is 6.92 Å². The molecule has 1 aliphatic heterocycles. The first-order chi connectivity index (χ1) is 12.6. The lowest BCUT2D eigenvalue weighted by atomic mass is 10.0. The van der Waals surface area contributed by atoms with Crippen LogP contribution in [0.1, 0.15) is 15.9 Å². The minimum absolute atomic E-state index is 0.0508. The summed E-state index contributed by atoms with van der Waals surface area (Å²) in [5.74, 6) is -0.0491. The maximum atomic E-state index is 12.9.